The molecular weight excluding hydrogens is 276 g/mol. The third kappa shape index (κ3) is 9.78. The van der Waals surface area contributed by atoms with Crippen molar-refractivity contribution < 1.29 is 21.7 Å². The summed E-state index contributed by atoms with van der Waals surface area (Å²) < 4.78 is 0. The van der Waals surface area contributed by atoms with Gasteiger partial charge in [-0.25, -0.2) is 24.3 Å². The summed E-state index contributed by atoms with van der Waals surface area (Å²) in [5, 5.41) is 0. The van der Waals surface area contributed by atoms with Crippen LogP contribution in [0, 0.1) is 39.0 Å². The Morgan fingerprint density at radius 3 is 1.45 bits per heavy atom. The van der Waals surface area contributed by atoms with Gasteiger partial charge in [0.1, 0.15) is 0 Å². The average molecular weight is 297 g/mol. The maximum atomic E-state index is 3.21. The van der Waals surface area contributed by atoms with E-state index in [1.54, 1.807) is 0 Å². The van der Waals surface area contributed by atoms with E-state index in [0.29, 0.717) is 0 Å². The number of allylic oxidation sites excluding steroid dienone is 8. The van der Waals surface area contributed by atoms with Crippen LogP contribution in [0.15, 0.2) is 48.6 Å². The minimum absolute atomic E-state index is 0. The van der Waals surface area contributed by atoms with Crippen LogP contribution in [0.2, 0.25) is 0 Å². The zero-order valence-corrected chi connectivity index (χ0v) is 14.1. The van der Waals surface area contributed by atoms with Crippen LogP contribution in [0.3, 0.4) is 0 Å². The fraction of sp³-hybridized carbons (Fsp3) is 0.263. The monoisotopic (exact) mass is 297 g/mol. The molecule has 0 aromatic heterocycles. The number of rotatable bonds is 0. The number of hydrogen-bond acceptors (Lipinski definition) is 0. The summed E-state index contributed by atoms with van der Waals surface area (Å²) in [6.07, 6.45) is 20.0. The van der Waals surface area contributed by atoms with E-state index in [9.17, 15) is 0 Å². The van der Waals surface area contributed by atoms with E-state index >= 15 is 0 Å². The second-order valence-electron chi connectivity index (χ2n) is 4.53. The predicted octanol–water partition coefficient (Wildman–Crippen LogP) is 5.02. The molecule has 2 aliphatic rings. The molecule has 1 radical (unpaired) electrons. The van der Waals surface area contributed by atoms with Crippen molar-refractivity contribution in [3.05, 3.63) is 83.5 Å². The third-order valence-corrected chi connectivity index (χ3v) is 2.45. The Bertz CT molecular complexity index is 398. The molecule has 0 nitrogen and oxygen atoms in total. The van der Waals surface area contributed by atoms with Gasteiger partial charge >= 0.3 is 21.7 Å². The molecule has 1 heteroatoms. The van der Waals surface area contributed by atoms with Crippen molar-refractivity contribution in [3.8, 4) is 0 Å². The van der Waals surface area contributed by atoms with Gasteiger partial charge in [-0.3, -0.25) is 12.2 Å². The summed E-state index contributed by atoms with van der Waals surface area (Å²) in [6.45, 7) is 6.24. The van der Waals surface area contributed by atoms with Crippen LogP contribution in [-0.2, 0) is 21.7 Å². The Morgan fingerprint density at radius 1 is 0.800 bits per heavy atom. The quantitative estimate of drug-likeness (QED) is 0.466. The van der Waals surface area contributed by atoms with Crippen LogP contribution in [0.4, 0.5) is 0 Å². The van der Waals surface area contributed by atoms with Crippen molar-refractivity contribution in [1.29, 1.82) is 0 Å². The second-order valence-corrected chi connectivity index (χ2v) is 4.53. The Balaban J connectivity index is 0.000000282. The summed E-state index contributed by atoms with van der Waals surface area (Å²) in [7, 11) is 0. The predicted molar refractivity (Wildman–Crippen MR) is 82.6 cm³/mol. The van der Waals surface area contributed by atoms with Crippen molar-refractivity contribution in [3.63, 3.8) is 0 Å². The largest absolute Gasteiger partial charge is 3.00 e. The average Bonchev–Trinajstić information content (AvgIpc) is 3.07. The summed E-state index contributed by atoms with van der Waals surface area (Å²) in [6, 6.07) is 7.47. The van der Waals surface area contributed by atoms with Gasteiger partial charge in [0, 0.05) is 0 Å². The van der Waals surface area contributed by atoms with E-state index in [-0.39, 0.29) is 21.7 Å². The van der Waals surface area contributed by atoms with Crippen LogP contribution in [-0.4, -0.2) is 0 Å². The maximum Gasteiger partial charge on any atom is 3.00 e. The van der Waals surface area contributed by atoms with E-state index in [0.717, 1.165) is 12.8 Å². The Hall–Kier alpha value is -1.11. The first-order valence-electron chi connectivity index (χ1n) is 6.59. The Morgan fingerprint density at radius 2 is 1.25 bits per heavy atom. The standard InChI is InChI=1S/C9H11.2C5H5.Ti/c1-7-4-8(2)6-9(3)5-7;2*1-2-4-5-3-1;/h4-5H,1-3H3;2*1-3H,4H2;/q3*-1;+3. The van der Waals surface area contributed by atoms with Crippen LogP contribution in [0.25, 0.3) is 0 Å². The normalized spacial score (nSPS) is 13.2. The molecule has 0 unspecified atom stereocenters. The molecular formula is C19H21Ti. The molecule has 0 heterocycles. The van der Waals surface area contributed by atoms with Gasteiger partial charge < -0.3 is 0 Å². The number of aryl methyl sites for hydroxylation is 3. The van der Waals surface area contributed by atoms with Crippen LogP contribution in [0.5, 0.6) is 0 Å². The number of hydrogen-bond donors (Lipinski definition) is 0. The van der Waals surface area contributed by atoms with Crippen LogP contribution in [0.1, 0.15) is 29.5 Å². The minimum Gasteiger partial charge on any atom is -0.273 e. The van der Waals surface area contributed by atoms with Gasteiger partial charge in [-0.05, 0) is 0 Å². The summed E-state index contributed by atoms with van der Waals surface area (Å²) in [4.78, 5) is 0. The van der Waals surface area contributed by atoms with Gasteiger partial charge in [0.15, 0.2) is 0 Å². The van der Waals surface area contributed by atoms with Crippen molar-refractivity contribution >= 4 is 0 Å². The van der Waals surface area contributed by atoms with Gasteiger partial charge in [0.25, 0.3) is 0 Å². The van der Waals surface area contributed by atoms with E-state index in [4.69, 9.17) is 0 Å². The summed E-state index contributed by atoms with van der Waals surface area (Å²) >= 11 is 0. The zero-order chi connectivity index (χ0) is 13.9. The second kappa shape index (κ2) is 11.7. The molecule has 0 bridgehead atoms. The molecule has 2 aliphatic carbocycles. The molecule has 101 valence electrons. The molecule has 0 N–H and O–H groups in total. The van der Waals surface area contributed by atoms with Gasteiger partial charge in [0.05, 0.1) is 0 Å². The summed E-state index contributed by atoms with van der Waals surface area (Å²) in [5.74, 6) is 0. The molecule has 0 aliphatic heterocycles. The zero-order valence-electron chi connectivity index (χ0n) is 12.5. The molecule has 0 atom stereocenters. The van der Waals surface area contributed by atoms with Gasteiger partial charge in [-0.15, -0.1) is 12.8 Å². The summed E-state index contributed by atoms with van der Waals surface area (Å²) in [5.41, 5.74) is 3.78. The van der Waals surface area contributed by atoms with E-state index in [2.05, 4.69) is 63.3 Å². The van der Waals surface area contributed by atoms with Gasteiger partial charge in [0.2, 0.25) is 0 Å². The first kappa shape index (κ1) is 18.9. The molecule has 0 spiro atoms. The fourth-order valence-electron chi connectivity index (χ4n) is 1.79. The topological polar surface area (TPSA) is 0 Å². The molecule has 0 saturated carbocycles. The van der Waals surface area contributed by atoms with Crippen molar-refractivity contribution in [1.82, 2.24) is 0 Å². The van der Waals surface area contributed by atoms with Gasteiger partial charge in [-0.1, -0.05) is 20.8 Å². The molecule has 20 heavy (non-hydrogen) atoms. The van der Waals surface area contributed by atoms with Crippen LogP contribution < -0.4 is 0 Å². The Labute approximate surface area is 138 Å². The molecule has 1 aromatic carbocycles. The Kier molecular flexibility index (Phi) is 11.1. The van der Waals surface area contributed by atoms with Crippen molar-refractivity contribution in [2.24, 2.45) is 0 Å². The molecule has 0 amide bonds. The minimum atomic E-state index is 0. The molecule has 0 fully saturated rings. The maximum absolute atomic E-state index is 3.21. The van der Waals surface area contributed by atoms with Crippen LogP contribution >= 0.6 is 0 Å². The smallest absolute Gasteiger partial charge is 0.273 e. The first-order valence-corrected chi connectivity index (χ1v) is 6.59. The van der Waals surface area contributed by atoms with E-state index < -0.39 is 0 Å². The van der Waals surface area contributed by atoms with Crippen molar-refractivity contribution in [2.45, 2.75) is 33.6 Å². The SMILES string of the molecule is Cc1[c-]c(C)cc(C)c1.[C-]1=CC=CC1.[C-]1=CC=CC1.[Ti+3]. The molecule has 1 aromatic rings. The van der Waals surface area contributed by atoms with Crippen molar-refractivity contribution in [2.75, 3.05) is 0 Å². The van der Waals surface area contributed by atoms with E-state index in [1.165, 1.54) is 16.7 Å². The first-order chi connectivity index (χ1) is 9.18. The van der Waals surface area contributed by atoms with Gasteiger partial charge in [-0.2, -0.15) is 47.0 Å². The number of benzene rings is 1. The van der Waals surface area contributed by atoms with E-state index in [1.807, 2.05) is 24.3 Å². The molecule has 0 saturated heterocycles. The fourth-order valence-corrected chi connectivity index (χ4v) is 1.79. The third-order valence-electron chi connectivity index (χ3n) is 2.45. The molecule has 3 rings (SSSR count).